The standard InChI is InChI=1S/C13H22N2O2/c1-10-8-14-7-3-4-12(14)9-15(10)13(17)6-5-11(2)16/h10,12H,3-9H2,1-2H3. The molecule has 2 heterocycles. The average molecular weight is 238 g/mol. The molecule has 0 aromatic rings. The fourth-order valence-corrected chi connectivity index (χ4v) is 2.96. The van der Waals surface area contributed by atoms with Crippen molar-refractivity contribution in [2.45, 2.75) is 51.6 Å². The topological polar surface area (TPSA) is 40.6 Å². The second kappa shape index (κ2) is 5.17. The van der Waals surface area contributed by atoms with Gasteiger partial charge in [-0.2, -0.15) is 0 Å². The highest BCUT2D eigenvalue weighted by molar-refractivity contribution is 5.83. The zero-order valence-corrected chi connectivity index (χ0v) is 10.8. The number of piperazine rings is 1. The van der Waals surface area contributed by atoms with E-state index in [9.17, 15) is 9.59 Å². The Morgan fingerprint density at radius 2 is 2.00 bits per heavy atom. The Morgan fingerprint density at radius 3 is 2.71 bits per heavy atom. The molecule has 0 aromatic heterocycles. The number of hydrogen-bond acceptors (Lipinski definition) is 3. The molecular formula is C13H22N2O2. The molecule has 0 bridgehead atoms. The Kier molecular flexibility index (Phi) is 3.82. The molecule has 0 aliphatic carbocycles. The van der Waals surface area contributed by atoms with Gasteiger partial charge in [-0.15, -0.1) is 0 Å². The second-order valence-electron chi connectivity index (χ2n) is 5.39. The molecule has 4 heteroatoms. The van der Waals surface area contributed by atoms with E-state index >= 15 is 0 Å². The fourth-order valence-electron chi connectivity index (χ4n) is 2.96. The number of ketones is 1. The van der Waals surface area contributed by atoms with Crippen LogP contribution in [0.3, 0.4) is 0 Å². The Labute approximate surface area is 103 Å². The molecule has 0 radical (unpaired) electrons. The molecule has 0 saturated carbocycles. The Balaban J connectivity index is 1.91. The molecule has 2 aliphatic heterocycles. The molecule has 2 rings (SSSR count). The van der Waals surface area contributed by atoms with Crippen LogP contribution in [0.5, 0.6) is 0 Å². The monoisotopic (exact) mass is 238 g/mol. The molecule has 2 fully saturated rings. The van der Waals surface area contributed by atoms with E-state index in [1.54, 1.807) is 6.92 Å². The molecule has 0 N–H and O–H groups in total. The maximum Gasteiger partial charge on any atom is 0.223 e. The predicted octanol–water partition coefficient (Wildman–Crippen LogP) is 1.05. The van der Waals surface area contributed by atoms with E-state index in [4.69, 9.17) is 0 Å². The highest BCUT2D eigenvalue weighted by Crippen LogP contribution is 2.25. The van der Waals surface area contributed by atoms with Gasteiger partial charge in [-0.05, 0) is 33.2 Å². The van der Waals surface area contributed by atoms with Gasteiger partial charge in [-0.25, -0.2) is 0 Å². The van der Waals surface area contributed by atoms with Crippen molar-refractivity contribution in [3.63, 3.8) is 0 Å². The SMILES string of the molecule is CC(=O)CCC(=O)N1CC2CCCN2CC1C. The van der Waals surface area contributed by atoms with Crippen molar-refractivity contribution in [2.75, 3.05) is 19.6 Å². The summed E-state index contributed by atoms with van der Waals surface area (Å²) in [6, 6.07) is 0.858. The van der Waals surface area contributed by atoms with Crippen LogP contribution >= 0.6 is 0 Å². The van der Waals surface area contributed by atoms with Crippen LogP contribution in [-0.4, -0.2) is 53.2 Å². The lowest BCUT2D eigenvalue weighted by Gasteiger charge is -2.42. The molecule has 2 aliphatic rings. The first-order chi connectivity index (χ1) is 8.08. The Bertz CT molecular complexity index is 317. The number of Topliss-reactive ketones (excluding diaryl/α,β-unsaturated/α-hetero) is 1. The van der Waals surface area contributed by atoms with Crippen LogP contribution in [0.4, 0.5) is 0 Å². The highest BCUT2D eigenvalue weighted by atomic mass is 16.2. The van der Waals surface area contributed by atoms with Gasteiger partial charge in [0.15, 0.2) is 0 Å². The number of carbonyl (C=O) groups excluding carboxylic acids is 2. The zero-order chi connectivity index (χ0) is 12.4. The number of amides is 1. The maximum atomic E-state index is 12.1. The lowest BCUT2D eigenvalue weighted by atomic mass is 10.1. The van der Waals surface area contributed by atoms with Gasteiger partial charge >= 0.3 is 0 Å². The number of nitrogens with zero attached hydrogens (tertiary/aromatic N) is 2. The summed E-state index contributed by atoms with van der Waals surface area (Å²) in [5, 5.41) is 0. The molecule has 2 saturated heterocycles. The van der Waals surface area contributed by atoms with Crippen LogP contribution in [-0.2, 0) is 9.59 Å². The van der Waals surface area contributed by atoms with Crippen LogP contribution in [0.2, 0.25) is 0 Å². The lowest BCUT2D eigenvalue weighted by Crippen LogP contribution is -2.56. The summed E-state index contributed by atoms with van der Waals surface area (Å²) in [4.78, 5) is 27.5. The first-order valence-corrected chi connectivity index (χ1v) is 6.61. The summed E-state index contributed by atoms with van der Waals surface area (Å²) in [5.41, 5.74) is 0. The largest absolute Gasteiger partial charge is 0.337 e. The predicted molar refractivity (Wildman–Crippen MR) is 65.7 cm³/mol. The van der Waals surface area contributed by atoms with Gasteiger partial charge in [-0.1, -0.05) is 0 Å². The van der Waals surface area contributed by atoms with E-state index < -0.39 is 0 Å². The molecule has 4 nitrogen and oxygen atoms in total. The summed E-state index contributed by atoms with van der Waals surface area (Å²) < 4.78 is 0. The summed E-state index contributed by atoms with van der Waals surface area (Å²) in [6.45, 7) is 6.70. The number of rotatable bonds is 3. The highest BCUT2D eigenvalue weighted by Gasteiger charge is 2.36. The smallest absolute Gasteiger partial charge is 0.223 e. The molecule has 96 valence electrons. The second-order valence-corrected chi connectivity index (χ2v) is 5.39. The summed E-state index contributed by atoms with van der Waals surface area (Å²) in [5.74, 6) is 0.254. The van der Waals surface area contributed by atoms with Crippen LogP contribution in [0.25, 0.3) is 0 Å². The average Bonchev–Trinajstić information content (AvgIpc) is 2.71. The molecule has 2 unspecified atom stereocenters. The van der Waals surface area contributed by atoms with Gasteiger partial charge < -0.3 is 9.69 Å². The minimum atomic E-state index is 0.102. The minimum Gasteiger partial charge on any atom is -0.337 e. The first kappa shape index (κ1) is 12.6. The van der Waals surface area contributed by atoms with Crippen LogP contribution in [0.15, 0.2) is 0 Å². The van der Waals surface area contributed by atoms with Gasteiger partial charge in [0.2, 0.25) is 5.91 Å². The van der Waals surface area contributed by atoms with Crippen molar-refractivity contribution in [1.82, 2.24) is 9.80 Å². The third-order valence-corrected chi connectivity index (χ3v) is 3.95. The Hall–Kier alpha value is -0.900. The van der Waals surface area contributed by atoms with Crippen LogP contribution in [0, 0.1) is 0 Å². The molecule has 17 heavy (non-hydrogen) atoms. The zero-order valence-electron chi connectivity index (χ0n) is 10.8. The first-order valence-electron chi connectivity index (χ1n) is 6.61. The van der Waals surface area contributed by atoms with Crippen molar-refractivity contribution in [2.24, 2.45) is 0 Å². The Morgan fingerprint density at radius 1 is 1.24 bits per heavy atom. The molecule has 0 spiro atoms. The molecule has 0 aromatic carbocycles. The quantitative estimate of drug-likeness (QED) is 0.738. The van der Waals surface area contributed by atoms with E-state index in [1.165, 1.54) is 19.4 Å². The third kappa shape index (κ3) is 2.86. The van der Waals surface area contributed by atoms with E-state index in [-0.39, 0.29) is 11.7 Å². The summed E-state index contributed by atoms with van der Waals surface area (Å²) >= 11 is 0. The summed E-state index contributed by atoms with van der Waals surface area (Å²) in [6.07, 6.45) is 3.24. The van der Waals surface area contributed by atoms with E-state index in [0.717, 1.165) is 13.1 Å². The number of fused-ring (bicyclic) bond motifs is 1. The van der Waals surface area contributed by atoms with E-state index in [0.29, 0.717) is 24.9 Å². The minimum absolute atomic E-state index is 0.102. The molecule has 2 atom stereocenters. The van der Waals surface area contributed by atoms with Gasteiger partial charge in [0.05, 0.1) is 0 Å². The van der Waals surface area contributed by atoms with Crippen LogP contribution < -0.4 is 0 Å². The molecule has 1 amide bonds. The van der Waals surface area contributed by atoms with E-state index in [2.05, 4.69) is 11.8 Å². The van der Waals surface area contributed by atoms with Crippen molar-refractivity contribution < 1.29 is 9.59 Å². The van der Waals surface area contributed by atoms with Crippen molar-refractivity contribution in [1.29, 1.82) is 0 Å². The number of carbonyl (C=O) groups is 2. The van der Waals surface area contributed by atoms with Crippen molar-refractivity contribution in [3.8, 4) is 0 Å². The normalized spacial score (nSPS) is 29.2. The van der Waals surface area contributed by atoms with Gasteiger partial charge in [-0.3, -0.25) is 9.69 Å². The maximum absolute atomic E-state index is 12.1. The molecular weight excluding hydrogens is 216 g/mol. The van der Waals surface area contributed by atoms with Gasteiger partial charge in [0.25, 0.3) is 0 Å². The lowest BCUT2D eigenvalue weighted by molar-refractivity contribution is -0.138. The van der Waals surface area contributed by atoms with E-state index in [1.807, 2.05) is 4.90 Å². The number of hydrogen-bond donors (Lipinski definition) is 0. The van der Waals surface area contributed by atoms with Gasteiger partial charge in [0.1, 0.15) is 5.78 Å². The van der Waals surface area contributed by atoms with Gasteiger partial charge in [0, 0.05) is 38.0 Å². The fraction of sp³-hybridized carbons (Fsp3) is 0.846. The van der Waals surface area contributed by atoms with Crippen molar-refractivity contribution in [3.05, 3.63) is 0 Å². The summed E-state index contributed by atoms with van der Waals surface area (Å²) in [7, 11) is 0. The third-order valence-electron chi connectivity index (χ3n) is 3.95. The van der Waals surface area contributed by atoms with Crippen molar-refractivity contribution >= 4 is 11.7 Å². The van der Waals surface area contributed by atoms with Crippen LogP contribution in [0.1, 0.15) is 39.5 Å².